The Bertz CT molecular complexity index is 838. The lowest BCUT2D eigenvalue weighted by molar-refractivity contribution is -0.113. The number of rotatable bonds is 5. The molecule has 26 heavy (non-hydrogen) atoms. The molecule has 0 radical (unpaired) electrons. The maximum atomic E-state index is 13.8. The fourth-order valence-corrected chi connectivity index (χ4v) is 3.14. The summed E-state index contributed by atoms with van der Waals surface area (Å²) in [7, 11) is 1.54. The smallest absolute Gasteiger partial charge is 0.251 e. The molecule has 2 aromatic rings. The maximum absolute atomic E-state index is 13.8. The van der Waals surface area contributed by atoms with Crippen LogP contribution in [0.4, 0.5) is 10.1 Å². The molecule has 2 aromatic carbocycles. The SMILES string of the molecule is COc1ccc(NC(=O)C2=CCN(Cc3ccccc3F)CC2)cc1Cl. The summed E-state index contributed by atoms with van der Waals surface area (Å²) in [5.41, 5.74) is 2.01. The van der Waals surface area contributed by atoms with Gasteiger partial charge in [0.25, 0.3) is 5.91 Å². The Morgan fingerprint density at radius 3 is 2.77 bits per heavy atom. The minimum Gasteiger partial charge on any atom is -0.495 e. The van der Waals surface area contributed by atoms with E-state index in [0.29, 0.717) is 48.1 Å². The Morgan fingerprint density at radius 1 is 1.31 bits per heavy atom. The number of hydrogen-bond donors (Lipinski definition) is 1. The number of carbonyl (C=O) groups excluding carboxylic acids is 1. The molecule has 0 spiro atoms. The van der Waals surface area contributed by atoms with Gasteiger partial charge in [0.15, 0.2) is 0 Å². The molecular formula is C20H20ClFN2O2. The normalized spacial score (nSPS) is 14.7. The van der Waals surface area contributed by atoms with E-state index in [1.165, 1.54) is 6.07 Å². The fraction of sp³-hybridized carbons (Fsp3) is 0.250. The third kappa shape index (κ3) is 4.42. The van der Waals surface area contributed by atoms with Gasteiger partial charge in [0, 0.05) is 36.5 Å². The minimum atomic E-state index is -0.198. The van der Waals surface area contributed by atoms with Crippen molar-refractivity contribution in [2.24, 2.45) is 0 Å². The number of hydrogen-bond acceptors (Lipinski definition) is 3. The molecule has 0 unspecified atom stereocenters. The lowest BCUT2D eigenvalue weighted by Crippen LogP contribution is -2.31. The number of methoxy groups -OCH3 is 1. The molecule has 0 saturated carbocycles. The van der Waals surface area contributed by atoms with Crippen molar-refractivity contribution in [3.05, 3.63) is 70.5 Å². The molecule has 1 aliphatic rings. The van der Waals surface area contributed by atoms with Gasteiger partial charge in [-0.05, 0) is 30.7 Å². The molecule has 4 nitrogen and oxygen atoms in total. The van der Waals surface area contributed by atoms with Crippen LogP contribution in [0, 0.1) is 5.82 Å². The Labute approximate surface area is 157 Å². The summed E-state index contributed by atoms with van der Waals surface area (Å²) < 4.78 is 18.9. The Kier molecular flexibility index (Phi) is 5.91. The molecule has 1 aliphatic heterocycles. The van der Waals surface area contributed by atoms with Gasteiger partial charge in [0.1, 0.15) is 11.6 Å². The number of anilines is 1. The lowest BCUT2D eigenvalue weighted by atomic mass is 10.1. The van der Waals surface area contributed by atoms with Gasteiger partial charge in [-0.15, -0.1) is 0 Å². The molecule has 3 rings (SSSR count). The second kappa shape index (κ2) is 8.34. The van der Waals surface area contributed by atoms with Gasteiger partial charge >= 0.3 is 0 Å². The van der Waals surface area contributed by atoms with E-state index < -0.39 is 0 Å². The highest BCUT2D eigenvalue weighted by atomic mass is 35.5. The predicted molar refractivity (Wildman–Crippen MR) is 101 cm³/mol. The number of ether oxygens (including phenoxy) is 1. The quantitative estimate of drug-likeness (QED) is 0.850. The molecule has 0 saturated heterocycles. The van der Waals surface area contributed by atoms with Gasteiger partial charge in [0.05, 0.1) is 12.1 Å². The second-order valence-electron chi connectivity index (χ2n) is 6.11. The van der Waals surface area contributed by atoms with Crippen molar-refractivity contribution in [2.45, 2.75) is 13.0 Å². The van der Waals surface area contributed by atoms with Gasteiger partial charge < -0.3 is 10.1 Å². The first kappa shape index (κ1) is 18.4. The molecule has 0 fully saturated rings. The fourth-order valence-electron chi connectivity index (χ4n) is 2.88. The van der Waals surface area contributed by atoms with Crippen LogP contribution in [0.15, 0.2) is 54.1 Å². The average molecular weight is 375 g/mol. The summed E-state index contributed by atoms with van der Waals surface area (Å²) in [6.45, 7) is 1.85. The summed E-state index contributed by atoms with van der Waals surface area (Å²) in [6, 6.07) is 11.9. The molecule has 136 valence electrons. The molecule has 1 amide bonds. The van der Waals surface area contributed by atoms with E-state index in [1.807, 2.05) is 12.1 Å². The van der Waals surface area contributed by atoms with E-state index in [9.17, 15) is 9.18 Å². The van der Waals surface area contributed by atoms with Crippen LogP contribution in [-0.2, 0) is 11.3 Å². The molecule has 1 N–H and O–H groups in total. The van der Waals surface area contributed by atoms with E-state index in [0.717, 1.165) is 5.57 Å². The van der Waals surface area contributed by atoms with Crippen molar-refractivity contribution in [3.8, 4) is 5.75 Å². The molecule has 1 heterocycles. The van der Waals surface area contributed by atoms with Crippen LogP contribution in [0.1, 0.15) is 12.0 Å². The van der Waals surface area contributed by atoms with Gasteiger partial charge in [-0.25, -0.2) is 4.39 Å². The third-order valence-corrected chi connectivity index (χ3v) is 4.64. The monoisotopic (exact) mass is 374 g/mol. The van der Waals surface area contributed by atoms with Crippen molar-refractivity contribution in [2.75, 3.05) is 25.5 Å². The van der Waals surface area contributed by atoms with Crippen molar-refractivity contribution >= 4 is 23.2 Å². The highest BCUT2D eigenvalue weighted by Gasteiger charge is 2.18. The number of halogens is 2. The van der Waals surface area contributed by atoms with E-state index in [2.05, 4.69) is 10.2 Å². The highest BCUT2D eigenvalue weighted by molar-refractivity contribution is 6.32. The third-order valence-electron chi connectivity index (χ3n) is 4.35. The van der Waals surface area contributed by atoms with Gasteiger partial charge in [0.2, 0.25) is 0 Å². The van der Waals surface area contributed by atoms with E-state index >= 15 is 0 Å². The Hall–Kier alpha value is -2.37. The summed E-state index contributed by atoms with van der Waals surface area (Å²) in [4.78, 5) is 14.5. The van der Waals surface area contributed by atoms with Crippen LogP contribution in [-0.4, -0.2) is 31.0 Å². The van der Waals surface area contributed by atoms with Crippen LogP contribution in [0.5, 0.6) is 5.75 Å². The van der Waals surface area contributed by atoms with Crippen LogP contribution >= 0.6 is 11.6 Å². The number of amides is 1. The Morgan fingerprint density at radius 2 is 2.12 bits per heavy atom. The second-order valence-corrected chi connectivity index (χ2v) is 6.52. The molecular weight excluding hydrogens is 355 g/mol. The van der Waals surface area contributed by atoms with Crippen LogP contribution < -0.4 is 10.1 Å². The molecule has 0 aromatic heterocycles. The standard InChI is InChI=1S/C20H20ClFN2O2/c1-26-19-7-6-16(12-17(19)21)23-20(25)14-8-10-24(11-9-14)13-15-4-2-3-5-18(15)22/h2-8,12H,9-11,13H2,1H3,(H,23,25). The predicted octanol–water partition coefficient (Wildman–Crippen LogP) is 4.26. The van der Waals surface area contributed by atoms with Crippen molar-refractivity contribution in [3.63, 3.8) is 0 Å². The van der Waals surface area contributed by atoms with Gasteiger partial charge in [-0.1, -0.05) is 35.9 Å². The first-order valence-electron chi connectivity index (χ1n) is 8.36. The highest BCUT2D eigenvalue weighted by Crippen LogP contribution is 2.27. The first-order valence-corrected chi connectivity index (χ1v) is 8.74. The first-order chi connectivity index (χ1) is 12.6. The van der Waals surface area contributed by atoms with Crippen molar-refractivity contribution < 1.29 is 13.9 Å². The lowest BCUT2D eigenvalue weighted by Gasteiger charge is -2.26. The molecule has 0 atom stereocenters. The zero-order valence-electron chi connectivity index (χ0n) is 14.5. The van der Waals surface area contributed by atoms with E-state index in [-0.39, 0.29) is 11.7 Å². The Balaban J connectivity index is 1.59. The number of nitrogens with zero attached hydrogens (tertiary/aromatic N) is 1. The van der Waals surface area contributed by atoms with Crippen LogP contribution in [0.3, 0.4) is 0 Å². The van der Waals surface area contributed by atoms with Gasteiger partial charge in [-0.3, -0.25) is 9.69 Å². The zero-order valence-corrected chi connectivity index (χ0v) is 15.2. The van der Waals surface area contributed by atoms with Gasteiger partial charge in [-0.2, -0.15) is 0 Å². The molecule has 0 aliphatic carbocycles. The maximum Gasteiger partial charge on any atom is 0.251 e. The summed E-state index contributed by atoms with van der Waals surface area (Å²) in [6.07, 6.45) is 2.51. The van der Waals surface area contributed by atoms with Crippen LogP contribution in [0.2, 0.25) is 5.02 Å². The summed E-state index contributed by atoms with van der Waals surface area (Å²) in [5, 5.41) is 3.30. The largest absolute Gasteiger partial charge is 0.495 e. The van der Waals surface area contributed by atoms with Crippen LogP contribution in [0.25, 0.3) is 0 Å². The summed E-state index contributed by atoms with van der Waals surface area (Å²) >= 11 is 6.08. The van der Waals surface area contributed by atoms with Crippen molar-refractivity contribution in [1.82, 2.24) is 4.90 Å². The number of benzene rings is 2. The molecule has 0 bridgehead atoms. The minimum absolute atomic E-state index is 0.142. The van der Waals surface area contributed by atoms with E-state index in [4.69, 9.17) is 16.3 Å². The molecule has 6 heteroatoms. The van der Waals surface area contributed by atoms with Crippen molar-refractivity contribution in [1.29, 1.82) is 0 Å². The number of nitrogens with one attached hydrogen (secondary N) is 1. The van der Waals surface area contributed by atoms with E-state index in [1.54, 1.807) is 37.4 Å². The number of carbonyl (C=O) groups is 1. The topological polar surface area (TPSA) is 41.6 Å². The zero-order chi connectivity index (χ0) is 18.5. The summed E-state index contributed by atoms with van der Waals surface area (Å²) in [5.74, 6) is 0.221. The average Bonchev–Trinajstić information content (AvgIpc) is 2.64.